The van der Waals surface area contributed by atoms with Crippen molar-refractivity contribution in [3.63, 3.8) is 0 Å². The summed E-state index contributed by atoms with van der Waals surface area (Å²) >= 11 is 1.38. The standard InChI is InChI=1S/C26H22FNO3S/c1-31-22-13-9-20(10-14-22)23-24(32-17-19-5-3-2-4-6-19)26(30)28(25(23)29)16-15-18-7-11-21(27)12-8-18/h2-14H,15-17H2,1H3. The molecule has 32 heavy (non-hydrogen) atoms. The second kappa shape index (κ2) is 9.83. The molecule has 0 atom stereocenters. The molecule has 0 N–H and O–H groups in total. The lowest BCUT2D eigenvalue weighted by atomic mass is 10.1. The van der Waals surface area contributed by atoms with Crippen LogP contribution in [0.15, 0.2) is 83.8 Å². The molecule has 1 aliphatic heterocycles. The van der Waals surface area contributed by atoms with Gasteiger partial charge in [0.25, 0.3) is 11.8 Å². The molecule has 4 rings (SSSR count). The zero-order valence-corrected chi connectivity index (χ0v) is 18.4. The molecule has 0 unspecified atom stereocenters. The van der Waals surface area contributed by atoms with Crippen LogP contribution in [0.4, 0.5) is 4.39 Å². The maximum Gasteiger partial charge on any atom is 0.268 e. The number of rotatable bonds is 8. The van der Waals surface area contributed by atoms with Crippen LogP contribution in [-0.4, -0.2) is 30.4 Å². The molecule has 0 bridgehead atoms. The second-order valence-electron chi connectivity index (χ2n) is 7.35. The predicted molar refractivity (Wildman–Crippen MR) is 124 cm³/mol. The summed E-state index contributed by atoms with van der Waals surface area (Å²) in [5.41, 5.74) is 3.04. The van der Waals surface area contributed by atoms with Gasteiger partial charge in [-0.3, -0.25) is 14.5 Å². The summed E-state index contributed by atoms with van der Waals surface area (Å²) in [6.45, 7) is 0.234. The van der Waals surface area contributed by atoms with Crippen LogP contribution in [0.2, 0.25) is 0 Å². The molecular formula is C26H22FNO3S. The van der Waals surface area contributed by atoms with E-state index in [1.54, 1.807) is 43.5 Å². The van der Waals surface area contributed by atoms with E-state index in [9.17, 15) is 14.0 Å². The zero-order chi connectivity index (χ0) is 22.5. The SMILES string of the molecule is COc1ccc(C2=C(SCc3ccccc3)C(=O)N(CCc3ccc(F)cc3)C2=O)cc1. The third kappa shape index (κ3) is 4.75. The average molecular weight is 448 g/mol. The summed E-state index contributed by atoms with van der Waals surface area (Å²) in [6, 6.07) is 23.1. The summed E-state index contributed by atoms with van der Waals surface area (Å²) in [5.74, 6) is 0.352. The van der Waals surface area contributed by atoms with E-state index in [4.69, 9.17) is 4.74 Å². The summed E-state index contributed by atoms with van der Waals surface area (Å²) in [7, 11) is 1.58. The molecule has 162 valence electrons. The first-order valence-corrected chi connectivity index (χ1v) is 11.2. The summed E-state index contributed by atoms with van der Waals surface area (Å²) in [4.78, 5) is 28.3. The normalized spacial score (nSPS) is 13.8. The monoisotopic (exact) mass is 447 g/mol. The summed E-state index contributed by atoms with van der Waals surface area (Å²) in [6.07, 6.45) is 0.463. The first kappa shape index (κ1) is 21.8. The minimum absolute atomic E-state index is 0.234. The molecule has 6 heteroatoms. The van der Waals surface area contributed by atoms with Crippen molar-refractivity contribution in [2.45, 2.75) is 12.2 Å². The van der Waals surface area contributed by atoms with E-state index in [0.717, 1.165) is 11.1 Å². The van der Waals surface area contributed by atoms with Crippen LogP contribution < -0.4 is 4.74 Å². The Morgan fingerprint density at radius 2 is 1.53 bits per heavy atom. The fourth-order valence-electron chi connectivity index (χ4n) is 3.52. The number of amides is 2. The van der Waals surface area contributed by atoms with Gasteiger partial charge in [-0.05, 0) is 47.4 Å². The topological polar surface area (TPSA) is 46.6 Å². The van der Waals surface area contributed by atoms with Gasteiger partial charge in [-0.1, -0.05) is 54.6 Å². The number of benzene rings is 3. The Labute approximate surface area is 190 Å². The summed E-state index contributed by atoms with van der Waals surface area (Å²) < 4.78 is 18.4. The average Bonchev–Trinajstić information content (AvgIpc) is 3.07. The van der Waals surface area contributed by atoms with E-state index in [2.05, 4.69) is 0 Å². The van der Waals surface area contributed by atoms with E-state index in [1.165, 1.54) is 28.8 Å². The Bertz CT molecular complexity index is 1140. The van der Waals surface area contributed by atoms with E-state index in [0.29, 0.717) is 34.0 Å². The van der Waals surface area contributed by atoms with Crippen molar-refractivity contribution in [3.8, 4) is 5.75 Å². The molecule has 0 aliphatic carbocycles. The zero-order valence-electron chi connectivity index (χ0n) is 17.6. The van der Waals surface area contributed by atoms with Crippen molar-refractivity contribution < 1.29 is 18.7 Å². The third-order valence-corrected chi connectivity index (χ3v) is 6.41. The van der Waals surface area contributed by atoms with E-state index in [1.807, 2.05) is 30.3 Å². The maximum absolute atomic E-state index is 13.3. The van der Waals surface area contributed by atoms with Crippen LogP contribution in [0.1, 0.15) is 16.7 Å². The van der Waals surface area contributed by atoms with E-state index in [-0.39, 0.29) is 24.2 Å². The number of nitrogens with zero attached hydrogens (tertiary/aromatic N) is 1. The van der Waals surface area contributed by atoms with Gasteiger partial charge in [0.1, 0.15) is 11.6 Å². The molecule has 2 amide bonds. The van der Waals surface area contributed by atoms with Crippen molar-refractivity contribution >= 4 is 29.1 Å². The maximum atomic E-state index is 13.3. The molecule has 0 aromatic heterocycles. The number of carbonyl (C=O) groups excluding carboxylic acids is 2. The first-order chi connectivity index (χ1) is 15.6. The highest BCUT2D eigenvalue weighted by atomic mass is 32.2. The fraction of sp³-hybridized carbons (Fsp3) is 0.154. The van der Waals surface area contributed by atoms with Gasteiger partial charge in [0, 0.05) is 12.3 Å². The Morgan fingerprint density at radius 3 is 2.19 bits per heavy atom. The molecule has 3 aromatic rings. The first-order valence-electron chi connectivity index (χ1n) is 10.2. The number of ether oxygens (including phenoxy) is 1. The van der Waals surface area contributed by atoms with Crippen molar-refractivity contribution in [2.24, 2.45) is 0 Å². The van der Waals surface area contributed by atoms with Crippen LogP contribution in [0.25, 0.3) is 5.57 Å². The van der Waals surface area contributed by atoms with Gasteiger partial charge in [0.2, 0.25) is 0 Å². The number of hydrogen-bond donors (Lipinski definition) is 0. The lowest BCUT2D eigenvalue weighted by Crippen LogP contribution is -2.33. The minimum atomic E-state index is -0.315. The highest BCUT2D eigenvalue weighted by Gasteiger charge is 2.38. The Balaban J connectivity index is 1.60. The van der Waals surface area contributed by atoms with Crippen molar-refractivity contribution in [2.75, 3.05) is 13.7 Å². The van der Waals surface area contributed by atoms with Crippen LogP contribution in [0.3, 0.4) is 0 Å². The van der Waals surface area contributed by atoms with E-state index < -0.39 is 0 Å². The number of imide groups is 1. The largest absolute Gasteiger partial charge is 0.497 e. The lowest BCUT2D eigenvalue weighted by molar-refractivity contribution is -0.136. The Kier molecular flexibility index (Phi) is 6.71. The molecular weight excluding hydrogens is 425 g/mol. The van der Waals surface area contributed by atoms with Crippen LogP contribution >= 0.6 is 11.8 Å². The minimum Gasteiger partial charge on any atom is -0.497 e. The van der Waals surface area contributed by atoms with Gasteiger partial charge >= 0.3 is 0 Å². The molecule has 0 fully saturated rings. The molecule has 4 nitrogen and oxygen atoms in total. The lowest BCUT2D eigenvalue weighted by Gasteiger charge is -2.15. The van der Waals surface area contributed by atoms with Crippen molar-refractivity contribution in [1.82, 2.24) is 4.90 Å². The smallest absolute Gasteiger partial charge is 0.268 e. The third-order valence-electron chi connectivity index (χ3n) is 5.27. The van der Waals surface area contributed by atoms with Gasteiger partial charge in [-0.15, -0.1) is 11.8 Å². The van der Waals surface area contributed by atoms with Gasteiger partial charge in [-0.2, -0.15) is 0 Å². The second-order valence-corrected chi connectivity index (χ2v) is 8.33. The van der Waals surface area contributed by atoms with Gasteiger partial charge < -0.3 is 4.74 Å². The van der Waals surface area contributed by atoms with Crippen LogP contribution in [0, 0.1) is 5.82 Å². The van der Waals surface area contributed by atoms with Crippen molar-refractivity contribution in [1.29, 1.82) is 0 Å². The van der Waals surface area contributed by atoms with Gasteiger partial charge in [-0.25, -0.2) is 4.39 Å². The number of methoxy groups -OCH3 is 1. The molecule has 1 aliphatic rings. The summed E-state index contributed by atoms with van der Waals surface area (Å²) in [5, 5.41) is 0. The molecule has 1 heterocycles. The molecule has 0 saturated carbocycles. The molecule has 0 radical (unpaired) electrons. The quantitative estimate of drug-likeness (QED) is 0.451. The van der Waals surface area contributed by atoms with E-state index >= 15 is 0 Å². The van der Waals surface area contributed by atoms with Crippen LogP contribution in [0.5, 0.6) is 5.75 Å². The Morgan fingerprint density at radius 1 is 0.844 bits per heavy atom. The molecule has 0 spiro atoms. The number of hydrogen-bond acceptors (Lipinski definition) is 4. The number of halogens is 1. The molecule has 3 aromatic carbocycles. The Hall–Kier alpha value is -3.38. The van der Waals surface area contributed by atoms with Crippen LogP contribution in [-0.2, 0) is 21.8 Å². The number of thioether (sulfide) groups is 1. The predicted octanol–water partition coefficient (Wildman–Crippen LogP) is 5.09. The molecule has 0 saturated heterocycles. The highest BCUT2D eigenvalue weighted by Crippen LogP contribution is 2.38. The highest BCUT2D eigenvalue weighted by molar-refractivity contribution is 8.03. The fourth-order valence-corrected chi connectivity index (χ4v) is 4.61. The van der Waals surface area contributed by atoms with Gasteiger partial charge in [0.05, 0.1) is 17.6 Å². The van der Waals surface area contributed by atoms with Crippen molar-refractivity contribution in [3.05, 3.63) is 106 Å². The number of carbonyl (C=O) groups is 2. The van der Waals surface area contributed by atoms with Gasteiger partial charge in [0.15, 0.2) is 0 Å².